The molecule has 3 aromatic carbocycles. The molecule has 4 N–H and O–H groups in total. The normalized spacial score (nSPS) is 11.1. The van der Waals surface area contributed by atoms with Crippen LogP contribution in [0.2, 0.25) is 0 Å². The van der Waals surface area contributed by atoms with E-state index in [1.165, 1.54) is 18.2 Å². The molecule has 0 saturated carbocycles. The van der Waals surface area contributed by atoms with E-state index >= 15 is 0 Å². The Hall–Kier alpha value is -3.93. The molecule has 3 rings (SSSR count). The Bertz CT molecular complexity index is 1070. The molecule has 0 fully saturated rings. The Morgan fingerprint density at radius 2 is 1.31 bits per heavy atom. The van der Waals surface area contributed by atoms with Crippen molar-refractivity contribution < 1.29 is 24.6 Å². The zero-order valence-electron chi connectivity index (χ0n) is 17.5. The SMILES string of the molecule is Nc1cc(C(=O)CCC(Cc2ccccc2)(Cc2ccccc2)C(=O)O)ccc1C(=O)O. The van der Waals surface area contributed by atoms with E-state index in [1.54, 1.807) is 0 Å². The molecule has 32 heavy (non-hydrogen) atoms. The molecule has 0 bridgehead atoms. The fraction of sp³-hybridized carbons (Fsp3) is 0.192. The number of nitrogens with two attached hydrogens (primary N) is 1. The molecule has 0 aromatic heterocycles. The maximum atomic E-state index is 12.9. The van der Waals surface area contributed by atoms with Crippen LogP contribution in [0.5, 0.6) is 0 Å². The van der Waals surface area contributed by atoms with E-state index in [2.05, 4.69) is 0 Å². The molecule has 0 atom stereocenters. The summed E-state index contributed by atoms with van der Waals surface area (Å²) < 4.78 is 0. The minimum atomic E-state index is -1.18. The van der Waals surface area contributed by atoms with Crippen LogP contribution in [0.1, 0.15) is 44.7 Å². The third kappa shape index (κ3) is 5.40. The van der Waals surface area contributed by atoms with Gasteiger partial charge in [-0.3, -0.25) is 9.59 Å². The molecule has 6 heteroatoms. The van der Waals surface area contributed by atoms with E-state index in [9.17, 15) is 19.5 Å². The third-order valence-corrected chi connectivity index (χ3v) is 5.66. The van der Waals surface area contributed by atoms with Crippen molar-refractivity contribution in [1.29, 1.82) is 0 Å². The van der Waals surface area contributed by atoms with Gasteiger partial charge in [0.1, 0.15) is 0 Å². The Labute approximate surface area is 186 Å². The summed E-state index contributed by atoms with van der Waals surface area (Å²) in [6.45, 7) is 0. The van der Waals surface area contributed by atoms with Gasteiger partial charge in [-0.15, -0.1) is 0 Å². The maximum absolute atomic E-state index is 12.9. The number of hydrogen-bond acceptors (Lipinski definition) is 4. The predicted molar refractivity (Wildman–Crippen MR) is 122 cm³/mol. The summed E-state index contributed by atoms with van der Waals surface area (Å²) in [5, 5.41) is 19.4. The fourth-order valence-corrected chi connectivity index (χ4v) is 3.90. The topological polar surface area (TPSA) is 118 Å². The molecule has 0 aliphatic heterocycles. The highest BCUT2D eigenvalue weighted by atomic mass is 16.4. The van der Waals surface area contributed by atoms with E-state index in [0.29, 0.717) is 0 Å². The Balaban J connectivity index is 1.87. The number of anilines is 1. The number of aliphatic carboxylic acids is 1. The average Bonchev–Trinajstić information content (AvgIpc) is 2.78. The van der Waals surface area contributed by atoms with Gasteiger partial charge in [-0.2, -0.15) is 0 Å². The van der Waals surface area contributed by atoms with Crippen LogP contribution in [0.3, 0.4) is 0 Å². The quantitative estimate of drug-likeness (QED) is 0.322. The van der Waals surface area contributed by atoms with Crippen LogP contribution in [-0.4, -0.2) is 27.9 Å². The van der Waals surface area contributed by atoms with Crippen molar-refractivity contribution in [1.82, 2.24) is 0 Å². The maximum Gasteiger partial charge on any atom is 0.337 e. The molecule has 0 radical (unpaired) electrons. The molecule has 0 heterocycles. The number of carboxylic acids is 2. The van der Waals surface area contributed by atoms with Crippen molar-refractivity contribution in [3.05, 3.63) is 101 Å². The van der Waals surface area contributed by atoms with E-state index < -0.39 is 17.4 Å². The summed E-state index contributed by atoms with van der Waals surface area (Å²) in [6, 6.07) is 22.8. The Morgan fingerprint density at radius 3 is 1.75 bits per heavy atom. The first-order valence-electron chi connectivity index (χ1n) is 10.3. The summed E-state index contributed by atoms with van der Waals surface area (Å²) in [6.07, 6.45) is 0.695. The number of hydrogen-bond donors (Lipinski definition) is 3. The van der Waals surface area contributed by atoms with Gasteiger partial charge in [-0.1, -0.05) is 66.7 Å². The van der Waals surface area contributed by atoms with E-state index in [0.717, 1.165) is 11.1 Å². The van der Waals surface area contributed by atoms with Crippen LogP contribution in [0.25, 0.3) is 0 Å². The van der Waals surface area contributed by atoms with Crippen LogP contribution in [0.4, 0.5) is 5.69 Å². The minimum absolute atomic E-state index is 0.00131. The number of benzene rings is 3. The van der Waals surface area contributed by atoms with Gasteiger partial charge in [0.05, 0.1) is 11.0 Å². The van der Waals surface area contributed by atoms with Gasteiger partial charge in [0.2, 0.25) is 0 Å². The number of carboxylic acid groups (broad SMARTS) is 2. The van der Waals surface area contributed by atoms with Crippen molar-refractivity contribution >= 4 is 23.4 Å². The highest BCUT2D eigenvalue weighted by molar-refractivity contribution is 6.00. The lowest BCUT2D eigenvalue weighted by Gasteiger charge is -2.30. The molecule has 0 aliphatic rings. The number of nitrogen functional groups attached to an aromatic ring is 1. The molecule has 0 spiro atoms. The highest BCUT2D eigenvalue weighted by Gasteiger charge is 2.39. The van der Waals surface area contributed by atoms with Crippen LogP contribution in [-0.2, 0) is 17.6 Å². The van der Waals surface area contributed by atoms with Crippen LogP contribution >= 0.6 is 0 Å². The van der Waals surface area contributed by atoms with Gasteiger partial charge in [0.25, 0.3) is 0 Å². The number of Topliss-reactive ketones (excluding diaryl/α,β-unsaturated/α-hetero) is 1. The van der Waals surface area contributed by atoms with Gasteiger partial charge in [-0.25, -0.2) is 4.79 Å². The standard InChI is InChI=1S/C26H25NO5/c27-22-15-20(11-12-21(22)24(29)30)23(28)13-14-26(25(31)32,16-18-7-3-1-4-8-18)17-19-9-5-2-6-10-19/h1-12,15H,13-14,16-17,27H2,(H,29,30)(H,31,32). The van der Waals surface area contributed by atoms with Crippen molar-refractivity contribution in [2.45, 2.75) is 25.7 Å². The molecule has 6 nitrogen and oxygen atoms in total. The van der Waals surface area contributed by atoms with Crippen LogP contribution in [0.15, 0.2) is 78.9 Å². The van der Waals surface area contributed by atoms with Gasteiger partial charge in [0, 0.05) is 17.7 Å². The molecule has 0 unspecified atom stereocenters. The molecule has 0 aliphatic carbocycles. The van der Waals surface area contributed by atoms with Gasteiger partial charge in [-0.05, 0) is 42.5 Å². The number of ketones is 1. The molecule has 3 aromatic rings. The summed E-state index contributed by atoms with van der Waals surface area (Å²) in [5.74, 6) is -2.41. The first-order chi connectivity index (χ1) is 15.3. The number of rotatable bonds is 10. The minimum Gasteiger partial charge on any atom is -0.481 e. The second kappa shape index (κ2) is 9.92. The van der Waals surface area contributed by atoms with Gasteiger partial charge in [0.15, 0.2) is 5.78 Å². The van der Waals surface area contributed by atoms with Crippen LogP contribution < -0.4 is 5.73 Å². The largest absolute Gasteiger partial charge is 0.481 e. The summed E-state index contributed by atoms with van der Waals surface area (Å²) in [4.78, 5) is 36.6. The smallest absolute Gasteiger partial charge is 0.337 e. The lowest BCUT2D eigenvalue weighted by molar-refractivity contribution is -0.149. The lowest BCUT2D eigenvalue weighted by atomic mass is 9.72. The summed E-state index contributed by atoms with van der Waals surface area (Å²) in [5.41, 5.74) is 6.55. The third-order valence-electron chi connectivity index (χ3n) is 5.66. The highest BCUT2D eigenvalue weighted by Crippen LogP contribution is 2.34. The first-order valence-corrected chi connectivity index (χ1v) is 10.3. The summed E-state index contributed by atoms with van der Waals surface area (Å²) in [7, 11) is 0. The Morgan fingerprint density at radius 1 is 0.781 bits per heavy atom. The molecule has 164 valence electrons. The molecular formula is C26H25NO5. The second-order valence-corrected chi connectivity index (χ2v) is 7.94. The van der Waals surface area contributed by atoms with E-state index in [1.807, 2.05) is 60.7 Å². The van der Waals surface area contributed by atoms with Crippen molar-refractivity contribution in [2.24, 2.45) is 5.41 Å². The lowest BCUT2D eigenvalue weighted by Crippen LogP contribution is -2.36. The Kier molecular flexibility index (Phi) is 7.05. The summed E-state index contributed by atoms with van der Waals surface area (Å²) >= 11 is 0. The zero-order valence-corrected chi connectivity index (χ0v) is 17.5. The second-order valence-electron chi connectivity index (χ2n) is 7.94. The van der Waals surface area contributed by atoms with Gasteiger partial charge >= 0.3 is 11.9 Å². The molecule has 0 saturated heterocycles. The van der Waals surface area contributed by atoms with Gasteiger partial charge < -0.3 is 15.9 Å². The zero-order chi connectivity index (χ0) is 23.1. The van der Waals surface area contributed by atoms with Crippen LogP contribution in [0, 0.1) is 5.41 Å². The van der Waals surface area contributed by atoms with E-state index in [-0.39, 0.29) is 48.3 Å². The monoisotopic (exact) mass is 431 g/mol. The first kappa shape index (κ1) is 22.7. The fourth-order valence-electron chi connectivity index (χ4n) is 3.90. The molecule has 0 amide bonds. The van der Waals surface area contributed by atoms with Crippen molar-refractivity contribution in [3.63, 3.8) is 0 Å². The average molecular weight is 431 g/mol. The molecular weight excluding hydrogens is 406 g/mol. The predicted octanol–water partition coefficient (Wildman–Crippen LogP) is 4.49. The van der Waals surface area contributed by atoms with Crippen molar-refractivity contribution in [3.8, 4) is 0 Å². The number of carbonyl (C=O) groups excluding carboxylic acids is 1. The van der Waals surface area contributed by atoms with Crippen molar-refractivity contribution in [2.75, 3.05) is 5.73 Å². The number of aromatic carboxylic acids is 1. The van der Waals surface area contributed by atoms with E-state index in [4.69, 9.17) is 10.8 Å². The number of carbonyl (C=O) groups is 3.